The Morgan fingerprint density at radius 1 is 1.40 bits per heavy atom. The van der Waals surface area contributed by atoms with Crippen LogP contribution >= 0.6 is 0 Å². The van der Waals surface area contributed by atoms with Gasteiger partial charge in [-0.15, -0.1) is 0 Å². The fourth-order valence-electron chi connectivity index (χ4n) is 2.73. The molecule has 1 aromatic carbocycles. The van der Waals surface area contributed by atoms with E-state index in [2.05, 4.69) is 10.6 Å². The lowest BCUT2D eigenvalue weighted by Crippen LogP contribution is -2.31. The van der Waals surface area contributed by atoms with Gasteiger partial charge in [-0.25, -0.2) is 0 Å². The van der Waals surface area contributed by atoms with Gasteiger partial charge in [0.2, 0.25) is 5.91 Å². The summed E-state index contributed by atoms with van der Waals surface area (Å²) in [6.45, 7) is 4.47. The van der Waals surface area contributed by atoms with E-state index in [-0.39, 0.29) is 11.5 Å². The van der Waals surface area contributed by atoms with Crippen molar-refractivity contribution in [3.63, 3.8) is 0 Å². The normalized spacial score (nSPS) is 14.3. The number of amides is 2. The zero-order chi connectivity index (χ0) is 18.1. The molecule has 0 saturated carbocycles. The predicted molar refractivity (Wildman–Crippen MR) is 95.2 cm³/mol. The molecule has 0 aromatic heterocycles. The smallest absolute Gasteiger partial charge is 0.263 e. The molecule has 25 heavy (non-hydrogen) atoms. The highest BCUT2D eigenvalue weighted by Gasteiger charge is 2.19. The van der Waals surface area contributed by atoms with E-state index in [1.54, 1.807) is 0 Å². The number of likely N-dealkylation sites (tertiary alicyclic amines) is 1. The van der Waals surface area contributed by atoms with E-state index in [0.717, 1.165) is 24.1 Å². The van der Waals surface area contributed by atoms with Gasteiger partial charge in [-0.1, -0.05) is 24.3 Å². The van der Waals surface area contributed by atoms with Gasteiger partial charge < -0.3 is 15.5 Å². The maximum absolute atomic E-state index is 12.0. The zero-order valence-corrected chi connectivity index (χ0v) is 14.5. The maximum atomic E-state index is 12.0. The van der Waals surface area contributed by atoms with Gasteiger partial charge in [0.05, 0.1) is 0 Å². The minimum absolute atomic E-state index is 0.0471. The molecule has 1 fully saturated rings. The van der Waals surface area contributed by atoms with Crippen LogP contribution in [-0.2, 0) is 16.1 Å². The Balaban J connectivity index is 1.73. The molecular formula is C19H24N4O2. The van der Waals surface area contributed by atoms with Crippen LogP contribution in [0.1, 0.15) is 30.4 Å². The lowest BCUT2D eigenvalue weighted by atomic mass is 10.1. The highest BCUT2D eigenvalue weighted by molar-refractivity contribution is 5.97. The summed E-state index contributed by atoms with van der Waals surface area (Å²) in [6.07, 6.45) is 3.68. The molecule has 0 spiro atoms. The van der Waals surface area contributed by atoms with Crippen molar-refractivity contribution in [1.29, 1.82) is 5.26 Å². The number of aryl methyl sites for hydroxylation is 1. The second-order valence-electron chi connectivity index (χ2n) is 6.07. The standard InChI is InChI=1S/C19H24N4O2/c1-15-6-2-3-7-16(15)13-21-14-17(12-20)19(25)22-9-5-11-23-10-4-8-18(23)24/h2-3,6-7,14,21H,4-5,8-11,13H2,1H3,(H,22,25)/b17-14-. The summed E-state index contributed by atoms with van der Waals surface area (Å²) in [5.74, 6) is -0.211. The summed E-state index contributed by atoms with van der Waals surface area (Å²) in [5, 5.41) is 14.9. The summed E-state index contributed by atoms with van der Waals surface area (Å²) in [4.78, 5) is 25.3. The first-order valence-corrected chi connectivity index (χ1v) is 8.56. The quantitative estimate of drug-likeness (QED) is 0.428. The van der Waals surface area contributed by atoms with Gasteiger partial charge in [-0.3, -0.25) is 9.59 Å². The summed E-state index contributed by atoms with van der Waals surface area (Å²) < 4.78 is 0. The van der Waals surface area contributed by atoms with Crippen molar-refractivity contribution in [3.05, 3.63) is 47.2 Å². The van der Waals surface area contributed by atoms with Crippen LogP contribution in [0.4, 0.5) is 0 Å². The average Bonchev–Trinajstić information content (AvgIpc) is 3.02. The summed E-state index contributed by atoms with van der Waals surface area (Å²) in [7, 11) is 0. The van der Waals surface area contributed by atoms with Gasteiger partial charge in [-0.05, 0) is 30.9 Å². The largest absolute Gasteiger partial charge is 0.386 e. The molecule has 1 aliphatic rings. The third kappa shape index (κ3) is 5.64. The maximum Gasteiger partial charge on any atom is 0.263 e. The minimum atomic E-state index is -0.396. The minimum Gasteiger partial charge on any atom is -0.386 e. The molecule has 1 heterocycles. The van der Waals surface area contributed by atoms with Crippen molar-refractivity contribution in [2.75, 3.05) is 19.6 Å². The monoisotopic (exact) mass is 340 g/mol. The molecule has 2 amide bonds. The number of nitriles is 1. The first-order chi connectivity index (χ1) is 12.1. The molecular weight excluding hydrogens is 316 g/mol. The third-order valence-electron chi connectivity index (χ3n) is 4.23. The Morgan fingerprint density at radius 3 is 2.88 bits per heavy atom. The van der Waals surface area contributed by atoms with Gasteiger partial charge in [-0.2, -0.15) is 5.26 Å². The highest BCUT2D eigenvalue weighted by Crippen LogP contribution is 2.09. The SMILES string of the molecule is Cc1ccccc1CN/C=C(/C#N)C(=O)NCCCN1CCCC1=O. The number of hydrogen-bond acceptors (Lipinski definition) is 4. The molecule has 2 rings (SSSR count). The lowest BCUT2D eigenvalue weighted by molar-refractivity contribution is -0.127. The van der Waals surface area contributed by atoms with Crippen LogP contribution in [0.25, 0.3) is 0 Å². The van der Waals surface area contributed by atoms with Crippen LogP contribution in [-0.4, -0.2) is 36.3 Å². The van der Waals surface area contributed by atoms with E-state index in [9.17, 15) is 9.59 Å². The third-order valence-corrected chi connectivity index (χ3v) is 4.23. The van der Waals surface area contributed by atoms with E-state index in [1.165, 1.54) is 6.20 Å². The zero-order valence-electron chi connectivity index (χ0n) is 14.5. The topological polar surface area (TPSA) is 85.2 Å². The number of carbonyl (C=O) groups is 2. The predicted octanol–water partition coefficient (Wildman–Crippen LogP) is 1.62. The second-order valence-corrected chi connectivity index (χ2v) is 6.07. The lowest BCUT2D eigenvalue weighted by Gasteiger charge is -2.15. The van der Waals surface area contributed by atoms with Gasteiger partial charge in [0.25, 0.3) is 5.91 Å². The van der Waals surface area contributed by atoms with Gasteiger partial charge in [0, 0.05) is 38.8 Å². The molecule has 1 aliphatic heterocycles. The van der Waals surface area contributed by atoms with Crippen molar-refractivity contribution in [3.8, 4) is 6.07 Å². The van der Waals surface area contributed by atoms with E-state index >= 15 is 0 Å². The molecule has 6 nitrogen and oxygen atoms in total. The second kappa shape index (κ2) is 9.48. The van der Waals surface area contributed by atoms with Crippen LogP contribution < -0.4 is 10.6 Å². The van der Waals surface area contributed by atoms with Crippen molar-refractivity contribution in [2.45, 2.75) is 32.7 Å². The molecule has 0 radical (unpaired) electrons. The Hall–Kier alpha value is -2.81. The van der Waals surface area contributed by atoms with Gasteiger partial charge in [0.1, 0.15) is 11.6 Å². The van der Waals surface area contributed by atoms with E-state index in [1.807, 2.05) is 42.2 Å². The number of benzene rings is 1. The Labute approximate surface area is 148 Å². The number of hydrogen-bond donors (Lipinski definition) is 2. The fraction of sp³-hybridized carbons (Fsp3) is 0.421. The Morgan fingerprint density at radius 2 is 2.20 bits per heavy atom. The molecule has 0 aliphatic carbocycles. The average molecular weight is 340 g/mol. The number of nitrogens with one attached hydrogen (secondary N) is 2. The van der Waals surface area contributed by atoms with Gasteiger partial charge >= 0.3 is 0 Å². The molecule has 0 bridgehead atoms. The summed E-state index contributed by atoms with van der Waals surface area (Å²) in [6, 6.07) is 9.86. The molecule has 0 unspecified atom stereocenters. The molecule has 6 heteroatoms. The van der Waals surface area contributed by atoms with Crippen LogP contribution in [0.5, 0.6) is 0 Å². The van der Waals surface area contributed by atoms with Crippen LogP contribution in [0.2, 0.25) is 0 Å². The first-order valence-electron chi connectivity index (χ1n) is 8.56. The van der Waals surface area contributed by atoms with E-state index in [0.29, 0.717) is 32.5 Å². The molecule has 2 N–H and O–H groups in total. The van der Waals surface area contributed by atoms with Crippen molar-refractivity contribution in [1.82, 2.24) is 15.5 Å². The Bertz CT molecular complexity index is 691. The van der Waals surface area contributed by atoms with Crippen LogP contribution in [0.15, 0.2) is 36.0 Å². The van der Waals surface area contributed by atoms with Crippen molar-refractivity contribution >= 4 is 11.8 Å². The number of rotatable bonds is 8. The van der Waals surface area contributed by atoms with Crippen LogP contribution in [0, 0.1) is 18.3 Å². The van der Waals surface area contributed by atoms with Crippen molar-refractivity contribution < 1.29 is 9.59 Å². The summed E-state index contributed by atoms with van der Waals surface area (Å²) >= 11 is 0. The highest BCUT2D eigenvalue weighted by atomic mass is 16.2. The summed E-state index contributed by atoms with van der Waals surface area (Å²) in [5.41, 5.74) is 2.32. The molecule has 1 aromatic rings. The molecule has 0 atom stereocenters. The van der Waals surface area contributed by atoms with Crippen molar-refractivity contribution in [2.24, 2.45) is 0 Å². The van der Waals surface area contributed by atoms with Crippen LogP contribution in [0.3, 0.4) is 0 Å². The van der Waals surface area contributed by atoms with E-state index < -0.39 is 5.91 Å². The molecule has 1 saturated heterocycles. The van der Waals surface area contributed by atoms with Gasteiger partial charge in [0.15, 0.2) is 0 Å². The molecule has 132 valence electrons. The van der Waals surface area contributed by atoms with E-state index in [4.69, 9.17) is 5.26 Å². The fourth-order valence-corrected chi connectivity index (χ4v) is 2.73. The number of carbonyl (C=O) groups excluding carboxylic acids is 2. The Kier molecular flexibility index (Phi) is 7.02. The first kappa shape index (κ1) is 18.5. The number of nitrogens with zero attached hydrogens (tertiary/aromatic N) is 2.